The highest BCUT2D eigenvalue weighted by atomic mass is 79.9. The molecular weight excluding hydrogens is 562 g/mol. The molecule has 0 aromatic heterocycles. The molecule has 0 radical (unpaired) electrons. The maximum atomic E-state index is 12.7. The normalized spacial score (nSPS) is 10.8. The van der Waals surface area contributed by atoms with E-state index in [0.717, 1.165) is 5.56 Å². The van der Waals surface area contributed by atoms with E-state index >= 15 is 0 Å². The Morgan fingerprint density at radius 2 is 1.64 bits per heavy atom. The minimum absolute atomic E-state index is 0.00899. The van der Waals surface area contributed by atoms with E-state index in [-0.39, 0.29) is 17.9 Å². The summed E-state index contributed by atoms with van der Waals surface area (Å²) in [6.45, 7) is 0.569. The molecule has 4 rings (SSSR count). The molecule has 0 atom stereocenters. The van der Waals surface area contributed by atoms with Gasteiger partial charge in [-0.2, -0.15) is 5.26 Å². The van der Waals surface area contributed by atoms with Gasteiger partial charge < -0.3 is 14.8 Å². The summed E-state index contributed by atoms with van der Waals surface area (Å²) < 4.78 is 12.1. The largest absolute Gasteiger partial charge is 0.489 e. The Hall–Kier alpha value is -4.94. The Kier molecular flexibility index (Phi) is 9.06. The van der Waals surface area contributed by atoms with Crippen molar-refractivity contribution in [1.82, 2.24) is 0 Å². The van der Waals surface area contributed by atoms with E-state index in [4.69, 9.17) is 9.47 Å². The monoisotopic (exact) mass is 583 g/mol. The third-order valence-corrected chi connectivity index (χ3v) is 6.13. The van der Waals surface area contributed by atoms with Crippen LogP contribution in [0.5, 0.6) is 11.5 Å². The van der Waals surface area contributed by atoms with Gasteiger partial charge in [0.15, 0.2) is 0 Å². The first-order valence-corrected chi connectivity index (χ1v) is 12.6. The van der Waals surface area contributed by atoms with E-state index < -0.39 is 10.8 Å². The van der Waals surface area contributed by atoms with Crippen LogP contribution in [0.2, 0.25) is 0 Å². The van der Waals surface area contributed by atoms with Crippen LogP contribution in [-0.2, 0) is 18.0 Å². The Bertz CT molecular complexity index is 1550. The van der Waals surface area contributed by atoms with Crippen molar-refractivity contribution in [1.29, 1.82) is 5.26 Å². The number of nitro groups is 1. The summed E-state index contributed by atoms with van der Waals surface area (Å²) in [6.07, 6.45) is 1.47. The fraction of sp³-hybridized carbons (Fsp3) is 0.0667. The summed E-state index contributed by atoms with van der Waals surface area (Å²) in [5.41, 5.74) is 2.76. The first-order chi connectivity index (χ1) is 18.9. The quantitative estimate of drug-likeness (QED) is 0.0924. The van der Waals surface area contributed by atoms with Crippen LogP contribution in [0.15, 0.2) is 107 Å². The second-order valence-corrected chi connectivity index (χ2v) is 9.18. The lowest BCUT2D eigenvalue weighted by molar-refractivity contribution is -0.384. The van der Waals surface area contributed by atoms with Crippen molar-refractivity contribution in [3.05, 3.63) is 134 Å². The highest BCUT2D eigenvalue weighted by Crippen LogP contribution is 2.28. The molecule has 0 aliphatic carbocycles. The van der Waals surface area contributed by atoms with Gasteiger partial charge in [-0.3, -0.25) is 14.9 Å². The maximum Gasteiger partial charge on any atom is 0.269 e. The number of nitrogens with one attached hydrogen (secondary N) is 1. The minimum atomic E-state index is -0.544. The zero-order chi connectivity index (χ0) is 27.6. The molecule has 1 amide bonds. The average Bonchev–Trinajstić information content (AvgIpc) is 2.95. The zero-order valence-corrected chi connectivity index (χ0v) is 22.1. The number of amides is 1. The minimum Gasteiger partial charge on any atom is -0.489 e. The molecule has 0 spiro atoms. The van der Waals surface area contributed by atoms with Crippen molar-refractivity contribution in [2.75, 3.05) is 5.32 Å². The highest BCUT2D eigenvalue weighted by Gasteiger charge is 2.12. The van der Waals surface area contributed by atoms with Gasteiger partial charge in [0.05, 0.1) is 9.40 Å². The highest BCUT2D eigenvalue weighted by molar-refractivity contribution is 9.10. The molecule has 0 bridgehead atoms. The van der Waals surface area contributed by atoms with Crippen molar-refractivity contribution in [2.45, 2.75) is 13.2 Å². The molecule has 0 aliphatic rings. The number of carbonyl (C=O) groups is 1. The molecule has 0 aliphatic heterocycles. The molecule has 0 fully saturated rings. The number of anilines is 1. The van der Waals surface area contributed by atoms with Crippen LogP contribution >= 0.6 is 15.9 Å². The summed E-state index contributed by atoms with van der Waals surface area (Å²) in [4.78, 5) is 23.2. The van der Waals surface area contributed by atoms with E-state index in [1.807, 2.05) is 36.4 Å². The molecule has 9 heteroatoms. The second-order valence-electron chi connectivity index (χ2n) is 8.33. The van der Waals surface area contributed by atoms with Crippen LogP contribution < -0.4 is 14.8 Å². The number of hydrogen-bond donors (Lipinski definition) is 1. The number of benzene rings is 4. The Labute approximate surface area is 233 Å². The van der Waals surface area contributed by atoms with Gasteiger partial charge in [0, 0.05) is 17.8 Å². The van der Waals surface area contributed by atoms with Gasteiger partial charge in [-0.25, -0.2) is 0 Å². The molecule has 39 heavy (non-hydrogen) atoms. The van der Waals surface area contributed by atoms with Crippen LogP contribution in [-0.4, -0.2) is 10.8 Å². The number of hydrogen-bond acceptors (Lipinski definition) is 6. The molecule has 4 aromatic rings. The van der Waals surface area contributed by atoms with Crippen LogP contribution in [0, 0.1) is 21.4 Å². The molecule has 8 nitrogen and oxygen atoms in total. The lowest BCUT2D eigenvalue weighted by Gasteiger charge is -2.10. The molecule has 1 N–H and O–H groups in total. The van der Waals surface area contributed by atoms with Gasteiger partial charge in [-0.05, 0) is 75.1 Å². The van der Waals surface area contributed by atoms with Gasteiger partial charge in [0.2, 0.25) is 0 Å². The summed E-state index contributed by atoms with van der Waals surface area (Å²) in [5.74, 6) is 0.624. The Balaban J connectivity index is 1.36. The molecule has 4 aromatic carbocycles. The number of nitro benzene ring substituents is 1. The zero-order valence-electron chi connectivity index (χ0n) is 20.5. The third kappa shape index (κ3) is 7.77. The van der Waals surface area contributed by atoms with Gasteiger partial charge in [0.1, 0.15) is 36.4 Å². The number of rotatable bonds is 10. The van der Waals surface area contributed by atoms with Gasteiger partial charge in [-0.1, -0.05) is 48.5 Å². The smallest absolute Gasteiger partial charge is 0.269 e. The molecule has 194 valence electrons. The fourth-order valence-electron chi connectivity index (χ4n) is 3.53. The van der Waals surface area contributed by atoms with E-state index in [1.54, 1.807) is 54.6 Å². The number of non-ortho nitro benzene ring substituents is 1. The van der Waals surface area contributed by atoms with E-state index in [9.17, 15) is 20.2 Å². The fourth-order valence-corrected chi connectivity index (χ4v) is 4.04. The Morgan fingerprint density at radius 1 is 0.923 bits per heavy atom. The molecule has 0 saturated carbocycles. The number of carbonyl (C=O) groups excluding carboxylic acids is 1. The SMILES string of the molecule is N#C/C(=C\c1ccc(OCc2cccc([N+](=O)[O-])c2)c(Br)c1)C(=O)Nc1ccc(OCc2ccccc2)cc1. The van der Waals surface area contributed by atoms with Crippen molar-refractivity contribution < 1.29 is 19.2 Å². The number of nitrogens with zero attached hydrogens (tertiary/aromatic N) is 2. The topological polar surface area (TPSA) is 114 Å². The number of ether oxygens (including phenoxy) is 2. The summed E-state index contributed by atoms with van der Waals surface area (Å²) in [5, 5.41) is 23.3. The first-order valence-electron chi connectivity index (χ1n) is 11.8. The van der Waals surface area contributed by atoms with Crippen LogP contribution in [0.3, 0.4) is 0 Å². The predicted molar refractivity (Wildman–Crippen MR) is 151 cm³/mol. The summed E-state index contributed by atoms with van der Waals surface area (Å²) in [7, 11) is 0. The van der Waals surface area contributed by atoms with Crippen molar-refractivity contribution in [3.63, 3.8) is 0 Å². The van der Waals surface area contributed by atoms with E-state index in [2.05, 4.69) is 21.2 Å². The average molecular weight is 584 g/mol. The first kappa shape index (κ1) is 27.1. The molecule has 0 saturated heterocycles. The maximum absolute atomic E-state index is 12.7. The number of halogens is 1. The van der Waals surface area contributed by atoms with Gasteiger partial charge >= 0.3 is 0 Å². The third-order valence-electron chi connectivity index (χ3n) is 5.51. The standard InChI is InChI=1S/C30H22BrN3O5/c31-28-17-22(9-14-29(28)39-20-23-7-4-8-26(16-23)34(36)37)15-24(18-32)30(35)33-25-10-12-27(13-11-25)38-19-21-5-2-1-3-6-21/h1-17H,19-20H2,(H,33,35)/b24-15+. The van der Waals surface area contributed by atoms with Crippen LogP contribution in [0.1, 0.15) is 16.7 Å². The van der Waals surface area contributed by atoms with Crippen molar-refractivity contribution in [3.8, 4) is 17.6 Å². The lowest BCUT2D eigenvalue weighted by Crippen LogP contribution is -2.13. The van der Waals surface area contributed by atoms with Crippen molar-refractivity contribution >= 4 is 39.3 Å². The molecular formula is C30H22BrN3O5. The van der Waals surface area contributed by atoms with E-state index in [0.29, 0.717) is 39.4 Å². The Morgan fingerprint density at radius 3 is 2.33 bits per heavy atom. The van der Waals surface area contributed by atoms with Gasteiger partial charge in [-0.15, -0.1) is 0 Å². The second kappa shape index (κ2) is 13.0. The molecule has 0 unspecified atom stereocenters. The predicted octanol–water partition coefficient (Wildman–Crippen LogP) is 7.06. The summed E-state index contributed by atoms with van der Waals surface area (Å²) in [6, 6.07) is 29.9. The van der Waals surface area contributed by atoms with Crippen LogP contribution in [0.25, 0.3) is 6.08 Å². The lowest BCUT2D eigenvalue weighted by atomic mass is 10.1. The molecule has 0 heterocycles. The van der Waals surface area contributed by atoms with Crippen molar-refractivity contribution in [2.24, 2.45) is 0 Å². The number of nitriles is 1. The van der Waals surface area contributed by atoms with Gasteiger partial charge in [0.25, 0.3) is 11.6 Å². The summed E-state index contributed by atoms with van der Waals surface area (Å²) >= 11 is 3.44. The van der Waals surface area contributed by atoms with Crippen LogP contribution in [0.4, 0.5) is 11.4 Å². The van der Waals surface area contributed by atoms with E-state index in [1.165, 1.54) is 18.2 Å².